The molecule has 2 fully saturated rings. The topological polar surface area (TPSA) is 0 Å². The summed E-state index contributed by atoms with van der Waals surface area (Å²) in [6.45, 7) is 0. The minimum Gasteiger partial charge on any atom is -0.0622 e. The quantitative estimate of drug-likeness (QED) is 0.345. The summed E-state index contributed by atoms with van der Waals surface area (Å²) < 4.78 is 0. The van der Waals surface area contributed by atoms with E-state index in [0.29, 0.717) is 0 Å². The number of hydrogen-bond donors (Lipinski definition) is 0. The fraction of sp³-hybridized carbons (Fsp3) is 0. The molecule has 146 valence electrons. The number of benzene rings is 3. The van der Waals surface area contributed by atoms with E-state index in [0.717, 1.165) is 0 Å². The van der Waals surface area contributed by atoms with Crippen molar-refractivity contribution in [2.24, 2.45) is 0 Å². The molecular formula is C28H23FeP+2. The summed E-state index contributed by atoms with van der Waals surface area (Å²) >= 11 is 0. The number of rotatable bonds is 4. The van der Waals surface area contributed by atoms with Gasteiger partial charge in [0.15, 0.2) is 0 Å². The molecule has 3 aromatic rings. The number of hydrogen-bond acceptors (Lipinski definition) is 0. The van der Waals surface area contributed by atoms with E-state index in [9.17, 15) is 0 Å². The molecule has 10 radical (unpaired) electrons. The fourth-order valence-corrected chi connectivity index (χ4v) is 5.84. The van der Waals surface area contributed by atoms with Crippen molar-refractivity contribution in [3.8, 4) is 0 Å². The normalized spacial score (nSPS) is 16.7. The monoisotopic (exact) mass is 446 g/mol. The standard InChI is InChI=1S/C23H18P.C5H5.Fe/c1-4-11-19(12-5-1)22-17-10-18-23(22)24(20-13-6-2-7-14-20)21-15-8-3-9-16-21;1-2-4-5-3-1;/h1-18H;1-5H;/q;;+2. The van der Waals surface area contributed by atoms with Gasteiger partial charge in [-0.2, -0.15) is 0 Å². The molecule has 3 aromatic carbocycles. The summed E-state index contributed by atoms with van der Waals surface area (Å²) in [5.41, 5.74) is 2.71. The summed E-state index contributed by atoms with van der Waals surface area (Å²) in [4.78, 5) is 0. The smallest absolute Gasteiger partial charge is 0.0622 e. The molecule has 2 heteroatoms. The van der Waals surface area contributed by atoms with Crippen LogP contribution < -0.4 is 10.6 Å². The van der Waals surface area contributed by atoms with Crippen LogP contribution in [-0.4, -0.2) is 0 Å². The zero-order valence-corrected chi connectivity index (χ0v) is 18.6. The average molecular weight is 446 g/mol. The Morgan fingerprint density at radius 3 is 1.33 bits per heavy atom. The molecule has 0 aromatic heterocycles. The van der Waals surface area contributed by atoms with Crippen molar-refractivity contribution in [3.05, 3.63) is 160 Å². The van der Waals surface area contributed by atoms with Crippen LogP contribution >= 0.6 is 7.92 Å². The second-order valence-electron chi connectivity index (χ2n) is 6.66. The molecule has 0 unspecified atom stereocenters. The van der Waals surface area contributed by atoms with E-state index in [4.69, 9.17) is 0 Å². The van der Waals surface area contributed by atoms with Crippen LogP contribution in [0.25, 0.3) is 0 Å². The summed E-state index contributed by atoms with van der Waals surface area (Å²) in [6.07, 6.45) is 16.7. The Morgan fingerprint density at radius 1 is 0.433 bits per heavy atom. The van der Waals surface area contributed by atoms with Crippen LogP contribution in [0.3, 0.4) is 0 Å². The second kappa shape index (κ2) is 12.5. The summed E-state index contributed by atoms with van der Waals surface area (Å²) in [5.74, 6) is 1.34. The van der Waals surface area contributed by atoms with E-state index in [2.05, 4.69) is 110 Å². The Labute approximate surface area is 194 Å². The van der Waals surface area contributed by atoms with Crippen LogP contribution in [0.5, 0.6) is 0 Å². The molecule has 2 saturated carbocycles. The van der Waals surface area contributed by atoms with Gasteiger partial charge in [-0.15, -0.1) is 0 Å². The molecule has 30 heavy (non-hydrogen) atoms. The second-order valence-corrected chi connectivity index (χ2v) is 8.84. The maximum Gasteiger partial charge on any atom is 2.00 e. The minimum atomic E-state index is -0.553. The Morgan fingerprint density at radius 2 is 0.867 bits per heavy atom. The Kier molecular flexibility index (Phi) is 9.67. The molecule has 0 saturated heterocycles. The van der Waals surface area contributed by atoms with E-state index in [1.165, 1.54) is 27.7 Å². The van der Waals surface area contributed by atoms with E-state index in [-0.39, 0.29) is 17.1 Å². The summed E-state index contributed by atoms with van der Waals surface area (Å²) in [7, 11) is -0.553. The van der Waals surface area contributed by atoms with Gasteiger partial charge in [-0.25, -0.2) is 0 Å². The molecular weight excluding hydrogens is 423 g/mol. The molecule has 0 heterocycles. The molecule has 0 amide bonds. The Bertz CT molecular complexity index is 783. The maximum absolute atomic E-state index is 2.29. The first kappa shape index (κ1) is 23.3. The molecule has 0 N–H and O–H groups in total. The van der Waals surface area contributed by atoms with Crippen LogP contribution in [0.2, 0.25) is 0 Å². The third kappa shape index (κ3) is 6.07. The average Bonchev–Trinajstić information content (AvgIpc) is 3.52. The minimum absolute atomic E-state index is 0. The first-order chi connectivity index (χ1) is 14.4. The van der Waals surface area contributed by atoms with Gasteiger partial charge in [-0.1, -0.05) is 91.0 Å². The van der Waals surface area contributed by atoms with Gasteiger partial charge in [-0.05, 0) is 75.5 Å². The van der Waals surface area contributed by atoms with Crippen LogP contribution in [0.1, 0.15) is 5.56 Å². The van der Waals surface area contributed by atoms with E-state index in [1.54, 1.807) is 0 Å². The van der Waals surface area contributed by atoms with Gasteiger partial charge in [-0.3, -0.25) is 0 Å². The zero-order valence-electron chi connectivity index (χ0n) is 16.6. The van der Waals surface area contributed by atoms with Crippen molar-refractivity contribution in [3.63, 3.8) is 0 Å². The third-order valence-corrected chi connectivity index (χ3v) is 7.20. The van der Waals surface area contributed by atoms with Crippen molar-refractivity contribution in [1.82, 2.24) is 0 Å². The third-order valence-electron chi connectivity index (χ3n) is 4.70. The van der Waals surface area contributed by atoms with Crippen molar-refractivity contribution in [2.45, 2.75) is 0 Å². The molecule has 0 spiro atoms. The first-order valence-electron chi connectivity index (χ1n) is 9.81. The van der Waals surface area contributed by atoms with E-state index < -0.39 is 7.92 Å². The summed E-state index contributed by atoms with van der Waals surface area (Å²) in [6, 6.07) is 32.4. The van der Waals surface area contributed by atoms with Crippen LogP contribution in [0, 0.1) is 62.9 Å². The van der Waals surface area contributed by atoms with Crippen LogP contribution in [-0.2, 0) is 17.1 Å². The molecule has 2 aliphatic carbocycles. The Hall–Kier alpha value is -1.39. The van der Waals surface area contributed by atoms with E-state index in [1.807, 2.05) is 32.1 Å². The molecule has 0 bridgehead atoms. The molecule has 0 atom stereocenters. The van der Waals surface area contributed by atoms with E-state index >= 15 is 0 Å². The predicted octanol–water partition coefficient (Wildman–Crippen LogP) is 5.92. The largest absolute Gasteiger partial charge is 2.00 e. The molecule has 0 aliphatic heterocycles. The first-order valence-corrected chi connectivity index (χ1v) is 11.2. The fourth-order valence-electron chi connectivity index (χ4n) is 3.37. The molecule has 2 aliphatic rings. The van der Waals surface area contributed by atoms with Gasteiger partial charge in [0.05, 0.1) is 0 Å². The van der Waals surface area contributed by atoms with Gasteiger partial charge < -0.3 is 0 Å². The van der Waals surface area contributed by atoms with Gasteiger partial charge in [0.25, 0.3) is 0 Å². The van der Waals surface area contributed by atoms with Crippen molar-refractivity contribution >= 4 is 18.5 Å². The summed E-state index contributed by atoms with van der Waals surface area (Å²) in [5, 5.41) is 2.78. The van der Waals surface area contributed by atoms with Crippen molar-refractivity contribution in [1.29, 1.82) is 0 Å². The molecule has 5 rings (SSSR count). The zero-order chi connectivity index (χ0) is 19.7. The van der Waals surface area contributed by atoms with Gasteiger partial charge in [0, 0.05) is 11.6 Å². The SMILES string of the molecule is [CH]1[CH][CH][CH][CH]1.[CH]1[CH][C](c2ccccc2)[C](P(c2ccccc2)c2ccccc2)[CH]1.[Fe+2]. The predicted molar refractivity (Wildman–Crippen MR) is 126 cm³/mol. The van der Waals surface area contributed by atoms with Gasteiger partial charge >= 0.3 is 17.1 Å². The Balaban J connectivity index is 0.000000376. The maximum atomic E-state index is 2.29. The van der Waals surface area contributed by atoms with Gasteiger partial charge in [0.1, 0.15) is 0 Å². The van der Waals surface area contributed by atoms with Crippen LogP contribution in [0.4, 0.5) is 0 Å². The molecule has 0 nitrogen and oxygen atoms in total. The van der Waals surface area contributed by atoms with Crippen molar-refractivity contribution < 1.29 is 17.1 Å². The van der Waals surface area contributed by atoms with Gasteiger partial charge in [0.2, 0.25) is 0 Å². The van der Waals surface area contributed by atoms with Crippen molar-refractivity contribution in [2.75, 3.05) is 0 Å². The van der Waals surface area contributed by atoms with Crippen LogP contribution in [0.15, 0.2) is 91.0 Å².